The fraction of sp³-hybridized carbons (Fsp3) is 0.538. The van der Waals surface area contributed by atoms with E-state index in [0.29, 0.717) is 12.1 Å². The van der Waals surface area contributed by atoms with Crippen LogP contribution in [-0.4, -0.2) is 12.6 Å². The van der Waals surface area contributed by atoms with Crippen molar-refractivity contribution in [2.45, 2.75) is 39.8 Å². The molecule has 1 unspecified atom stereocenters. The first-order chi connectivity index (χ1) is 7.07. The molecule has 0 heterocycles. The quantitative estimate of drug-likeness (QED) is 0.801. The molecule has 3 N–H and O–H groups in total. The molecule has 0 fully saturated rings. The van der Waals surface area contributed by atoms with Crippen molar-refractivity contribution in [1.29, 1.82) is 0 Å². The number of nitrogens with one attached hydrogen (secondary N) is 1. The number of hydrogen-bond acceptors (Lipinski definition) is 2. The van der Waals surface area contributed by atoms with E-state index in [1.807, 2.05) is 19.9 Å². The minimum absolute atomic E-state index is 0.333. The lowest BCUT2D eigenvalue weighted by atomic mass is 10.1. The maximum Gasteiger partial charge on any atom is 0.0291 e. The standard InChI is InChI=1S/C10H15N.C3H9N/c1-3-11-9(2)10-7-5-4-6-8-10;1-3(2)4/h4-9,11H,3H2,1-2H3;3H,4H2,1-2H3. The predicted octanol–water partition coefficient (Wildman–Crippen LogP) is 2.71. The van der Waals surface area contributed by atoms with Crippen molar-refractivity contribution < 1.29 is 0 Å². The molecule has 1 aromatic carbocycles. The van der Waals surface area contributed by atoms with E-state index in [1.54, 1.807) is 0 Å². The molecular weight excluding hydrogens is 184 g/mol. The Bertz CT molecular complexity index is 229. The fourth-order valence-corrected chi connectivity index (χ4v) is 1.17. The van der Waals surface area contributed by atoms with Crippen LogP contribution in [0.1, 0.15) is 39.3 Å². The third kappa shape index (κ3) is 8.16. The summed E-state index contributed by atoms with van der Waals surface area (Å²) in [4.78, 5) is 0. The van der Waals surface area contributed by atoms with Gasteiger partial charge < -0.3 is 11.1 Å². The van der Waals surface area contributed by atoms with Gasteiger partial charge in [0.1, 0.15) is 0 Å². The Balaban J connectivity index is 0.000000423. The second kappa shape index (κ2) is 8.45. The van der Waals surface area contributed by atoms with E-state index in [1.165, 1.54) is 5.56 Å². The van der Waals surface area contributed by atoms with Gasteiger partial charge in [0.25, 0.3) is 0 Å². The molecule has 0 aliphatic carbocycles. The molecule has 0 aliphatic rings. The van der Waals surface area contributed by atoms with Crippen LogP contribution in [0.25, 0.3) is 0 Å². The normalized spacial score (nSPS) is 11.9. The van der Waals surface area contributed by atoms with Gasteiger partial charge in [-0.1, -0.05) is 51.1 Å². The Morgan fingerprint density at radius 3 is 2.00 bits per heavy atom. The molecule has 0 radical (unpaired) electrons. The van der Waals surface area contributed by atoms with E-state index >= 15 is 0 Å². The summed E-state index contributed by atoms with van der Waals surface area (Å²) in [7, 11) is 0. The molecule has 0 bridgehead atoms. The molecule has 0 amide bonds. The third-order valence-corrected chi connectivity index (χ3v) is 1.81. The molecule has 2 nitrogen and oxygen atoms in total. The van der Waals surface area contributed by atoms with Crippen molar-refractivity contribution in [2.75, 3.05) is 6.54 Å². The number of benzene rings is 1. The highest BCUT2D eigenvalue weighted by atomic mass is 14.9. The van der Waals surface area contributed by atoms with E-state index in [4.69, 9.17) is 5.73 Å². The lowest BCUT2D eigenvalue weighted by molar-refractivity contribution is 0.598. The summed E-state index contributed by atoms with van der Waals surface area (Å²) in [6.07, 6.45) is 0. The van der Waals surface area contributed by atoms with Gasteiger partial charge in [0.15, 0.2) is 0 Å². The van der Waals surface area contributed by atoms with Gasteiger partial charge in [0.2, 0.25) is 0 Å². The number of rotatable bonds is 3. The molecule has 1 rings (SSSR count). The summed E-state index contributed by atoms with van der Waals surface area (Å²) < 4.78 is 0. The van der Waals surface area contributed by atoms with Crippen molar-refractivity contribution in [3.05, 3.63) is 35.9 Å². The van der Waals surface area contributed by atoms with Crippen LogP contribution in [0, 0.1) is 0 Å². The van der Waals surface area contributed by atoms with Crippen LogP contribution in [0.4, 0.5) is 0 Å². The van der Waals surface area contributed by atoms with Crippen molar-refractivity contribution in [2.24, 2.45) is 5.73 Å². The zero-order valence-electron chi connectivity index (χ0n) is 10.3. The smallest absolute Gasteiger partial charge is 0.0291 e. The van der Waals surface area contributed by atoms with Crippen molar-refractivity contribution >= 4 is 0 Å². The highest BCUT2D eigenvalue weighted by Gasteiger charge is 1.99. The number of hydrogen-bond donors (Lipinski definition) is 2. The van der Waals surface area contributed by atoms with E-state index in [-0.39, 0.29) is 0 Å². The Hall–Kier alpha value is -0.860. The first-order valence-corrected chi connectivity index (χ1v) is 5.61. The number of nitrogens with two attached hydrogens (primary N) is 1. The van der Waals surface area contributed by atoms with E-state index < -0.39 is 0 Å². The molecule has 1 aromatic rings. The van der Waals surface area contributed by atoms with Gasteiger partial charge in [0, 0.05) is 6.04 Å². The molecule has 2 heteroatoms. The van der Waals surface area contributed by atoms with Crippen LogP contribution in [0.2, 0.25) is 0 Å². The van der Waals surface area contributed by atoms with Gasteiger partial charge >= 0.3 is 0 Å². The van der Waals surface area contributed by atoms with Gasteiger partial charge in [0.05, 0.1) is 0 Å². The first-order valence-electron chi connectivity index (χ1n) is 5.61. The first kappa shape index (κ1) is 14.1. The summed E-state index contributed by atoms with van der Waals surface area (Å²) >= 11 is 0. The SMILES string of the molecule is CC(C)N.CCNC(C)c1ccccc1. The van der Waals surface area contributed by atoms with Crippen LogP contribution in [0.5, 0.6) is 0 Å². The second-order valence-electron chi connectivity index (χ2n) is 3.93. The highest BCUT2D eigenvalue weighted by molar-refractivity contribution is 5.17. The van der Waals surface area contributed by atoms with Crippen LogP contribution in [0.15, 0.2) is 30.3 Å². The summed E-state index contributed by atoms with van der Waals surface area (Å²) in [5.41, 5.74) is 6.47. The predicted molar refractivity (Wildman–Crippen MR) is 67.9 cm³/mol. The van der Waals surface area contributed by atoms with Crippen LogP contribution in [0.3, 0.4) is 0 Å². The van der Waals surface area contributed by atoms with E-state index in [0.717, 1.165) is 6.54 Å². The molecular formula is C13H24N2. The van der Waals surface area contributed by atoms with Crippen LogP contribution < -0.4 is 11.1 Å². The van der Waals surface area contributed by atoms with Gasteiger partial charge in [-0.05, 0) is 25.1 Å². The third-order valence-electron chi connectivity index (χ3n) is 1.81. The molecule has 0 spiro atoms. The summed E-state index contributed by atoms with van der Waals surface area (Å²) in [6, 6.07) is 11.3. The Morgan fingerprint density at radius 1 is 1.13 bits per heavy atom. The molecule has 0 aliphatic heterocycles. The van der Waals surface area contributed by atoms with Crippen LogP contribution >= 0.6 is 0 Å². The lowest BCUT2D eigenvalue weighted by Gasteiger charge is -2.11. The van der Waals surface area contributed by atoms with Gasteiger partial charge in [-0.15, -0.1) is 0 Å². The maximum atomic E-state index is 5.11. The zero-order chi connectivity index (χ0) is 11.7. The summed E-state index contributed by atoms with van der Waals surface area (Å²) in [5.74, 6) is 0. The van der Waals surface area contributed by atoms with Gasteiger partial charge in [-0.25, -0.2) is 0 Å². The molecule has 0 saturated heterocycles. The maximum absolute atomic E-state index is 5.11. The molecule has 0 aromatic heterocycles. The summed E-state index contributed by atoms with van der Waals surface area (Å²) in [5, 5.41) is 3.36. The highest BCUT2D eigenvalue weighted by Crippen LogP contribution is 2.09. The minimum atomic E-state index is 0.333. The van der Waals surface area contributed by atoms with Gasteiger partial charge in [-0.3, -0.25) is 0 Å². The van der Waals surface area contributed by atoms with E-state index in [9.17, 15) is 0 Å². The lowest BCUT2D eigenvalue weighted by Crippen LogP contribution is -2.17. The van der Waals surface area contributed by atoms with Gasteiger partial charge in [-0.2, -0.15) is 0 Å². The second-order valence-corrected chi connectivity index (χ2v) is 3.93. The van der Waals surface area contributed by atoms with Crippen molar-refractivity contribution in [1.82, 2.24) is 5.32 Å². The minimum Gasteiger partial charge on any atom is -0.328 e. The molecule has 15 heavy (non-hydrogen) atoms. The van der Waals surface area contributed by atoms with Crippen LogP contribution in [-0.2, 0) is 0 Å². The molecule has 1 atom stereocenters. The van der Waals surface area contributed by atoms with Crippen molar-refractivity contribution in [3.8, 4) is 0 Å². The molecule has 0 saturated carbocycles. The Kier molecular flexibility index (Phi) is 7.96. The molecule has 86 valence electrons. The zero-order valence-corrected chi connectivity index (χ0v) is 10.3. The summed E-state index contributed by atoms with van der Waals surface area (Å²) in [6.45, 7) is 9.22. The average Bonchev–Trinajstić information content (AvgIpc) is 2.19. The largest absolute Gasteiger partial charge is 0.328 e. The van der Waals surface area contributed by atoms with E-state index in [2.05, 4.69) is 43.4 Å². The Morgan fingerprint density at radius 2 is 1.60 bits per heavy atom. The Labute approximate surface area is 93.9 Å². The van der Waals surface area contributed by atoms with Crippen molar-refractivity contribution in [3.63, 3.8) is 0 Å². The topological polar surface area (TPSA) is 38.0 Å². The average molecular weight is 208 g/mol. The fourth-order valence-electron chi connectivity index (χ4n) is 1.17. The monoisotopic (exact) mass is 208 g/mol.